The van der Waals surface area contributed by atoms with Crippen molar-refractivity contribution in [2.45, 2.75) is 20.3 Å². The van der Waals surface area contributed by atoms with E-state index in [4.69, 9.17) is 9.47 Å². The predicted octanol–water partition coefficient (Wildman–Crippen LogP) is 4.45. The van der Waals surface area contributed by atoms with Crippen molar-refractivity contribution in [3.05, 3.63) is 95.1 Å². The smallest absolute Gasteiger partial charge is 0.344 e. The van der Waals surface area contributed by atoms with E-state index in [2.05, 4.69) is 5.32 Å². The van der Waals surface area contributed by atoms with E-state index in [9.17, 15) is 9.59 Å². The van der Waals surface area contributed by atoms with Gasteiger partial charge >= 0.3 is 5.97 Å². The number of hydrogen-bond donors (Lipinski definition) is 1. The Hall–Kier alpha value is -3.60. The third kappa shape index (κ3) is 6.21. The fourth-order valence-corrected chi connectivity index (χ4v) is 3.08. The highest BCUT2D eigenvalue weighted by molar-refractivity contribution is 5.93. The SMILES string of the molecule is Cc1ccc(OCC(=O)OCC(=O)Nc2ccccc2Cc2ccccc2)c(C)c1. The average molecular weight is 403 g/mol. The van der Waals surface area contributed by atoms with E-state index in [1.807, 2.05) is 86.6 Å². The van der Waals surface area contributed by atoms with Gasteiger partial charge in [0.25, 0.3) is 5.91 Å². The molecule has 30 heavy (non-hydrogen) atoms. The molecule has 154 valence electrons. The molecule has 0 radical (unpaired) electrons. The van der Waals surface area contributed by atoms with Crippen molar-refractivity contribution < 1.29 is 19.1 Å². The van der Waals surface area contributed by atoms with Crippen LogP contribution < -0.4 is 10.1 Å². The summed E-state index contributed by atoms with van der Waals surface area (Å²) in [5.41, 5.74) is 4.90. The van der Waals surface area contributed by atoms with E-state index < -0.39 is 11.9 Å². The molecule has 0 aliphatic heterocycles. The number of anilines is 1. The maximum atomic E-state index is 12.3. The van der Waals surface area contributed by atoms with Crippen molar-refractivity contribution in [2.24, 2.45) is 0 Å². The van der Waals surface area contributed by atoms with Gasteiger partial charge in [0.05, 0.1) is 0 Å². The Kier molecular flexibility index (Phi) is 7.22. The van der Waals surface area contributed by atoms with Crippen molar-refractivity contribution in [2.75, 3.05) is 18.5 Å². The summed E-state index contributed by atoms with van der Waals surface area (Å²) < 4.78 is 10.5. The molecule has 0 saturated carbocycles. The van der Waals surface area contributed by atoms with Crippen molar-refractivity contribution in [1.82, 2.24) is 0 Å². The number of esters is 1. The van der Waals surface area contributed by atoms with Gasteiger partial charge in [0, 0.05) is 5.69 Å². The second kappa shape index (κ2) is 10.3. The Morgan fingerprint density at radius 2 is 1.60 bits per heavy atom. The molecule has 0 heterocycles. The molecular weight excluding hydrogens is 378 g/mol. The lowest BCUT2D eigenvalue weighted by Gasteiger charge is -2.12. The molecule has 0 unspecified atom stereocenters. The lowest BCUT2D eigenvalue weighted by molar-refractivity contribution is -0.149. The number of rotatable bonds is 8. The van der Waals surface area contributed by atoms with Crippen LogP contribution in [0.25, 0.3) is 0 Å². The number of aryl methyl sites for hydroxylation is 2. The molecule has 0 fully saturated rings. The summed E-state index contributed by atoms with van der Waals surface area (Å²) >= 11 is 0. The first-order valence-corrected chi connectivity index (χ1v) is 9.78. The molecule has 0 aromatic heterocycles. The van der Waals surface area contributed by atoms with Crippen LogP contribution in [0.2, 0.25) is 0 Å². The summed E-state index contributed by atoms with van der Waals surface area (Å²) in [7, 11) is 0. The Morgan fingerprint density at radius 1 is 0.867 bits per heavy atom. The molecule has 0 bridgehead atoms. The van der Waals surface area contributed by atoms with Crippen LogP contribution in [-0.2, 0) is 20.7 Å². The van der Waals surface area contributed by atoms with E-state index in [1.165, 1.54) is 0 Å². The Balaban J connectivity index is 1.49. The summed E-state index contributed by atoms with van der Waals surface area (Å²) in [6.45, 7) is 3.28. The first kappa shape index (κ1) is 21.1. The van der Waals surface area contributed by atoms with Gasteiger partial charge in [-0.2, -0.15) is 0 Å². The van der Waals surface area contributed by atoms with Crippen molar-refractivity contribution in [1.29, 1.82) is 0 Å². The zero-order chi connectivity index (χ0) is 21.3. The average Bonchev–Trinajstić information content (AvgIpc) is 2.74. The van der Waals surface area contributed by atoms with E-state index >= 15 is 0 Å². The number of carbonyl (C=O) groups excluding carboxylic acids is 2. The largest absolute Gasteiger partial charge is 0.482 e. The summed E-state index contributed by atoms with van der Waals surface area (Å²) in [5, 5.41) is 2.82. The quantitative estimate of drug-likeness (QED) is 0.564. The fraction of sp³-hybridized carbons (Fsp3) is 0.200. The first-order valence-electron chi connectivity index (χ1n) is 9.78. The fourth-order valence-electron chi connectivity index (χ4n) is 3.08. The molecular formula is C25H25NO4. The molecule has 0 saturated heterocycles. The molecule has 0 aliphatic rings. The summed E-state index contributed by atoms with van der Waals surface area (Å²) in [5.74, 6) is -0.366. The van der Waals surface area contributed by atoms with Crippen LogP contribution in [-0.4, -0.2) is 25.1 Å². The second-order valence-electron chi connectivity index (χ2n) is 7.09. The first-order chi connectivity index (χ1) is 14.5. The minimum absolute atomic E-state index is 0.248. The van der Waals surface area contributed by atoms with Crippen LogP contribution >= 0.6 is 0 Å². The molecule has 0 spiro atoms. The van der Waals surface area contributed by atoms with Gasteiger partial charge in [-0.05, 0) is 49.1 Å². The highest BCUT2D eigenvalue weighted by atomic mass is 16.6. The van der Waals surface area contributed by atoms with Gasteiger partial charge in [0.2, 0.25) is 0 Å². The van der Waals surface area contributed by atoms with Gasteiger partial charge in [-0.3, -0.25) is 4.79 Å². The van der Waals surface area contributed by atoms with Gasteiger partial charge in [-0.1, -0.05) is 66.2 Å². The lowest BCUT2D eigenvalue weighted by Crippen LogP contribution is -2.24. The molecule has 3 rings (SSSR count). The molecule has 1 amide bonds. The zero-order valence-corrected chi connectivity index (χ0v) is 17.2. The Labute approximate surface area is 176 Å². The monoisotopic (exact) mass is 403 g/mol. The number of para-hydroxylation sites is 1. The summed E-state index contributed by atoms with van der Waals surface area (Å²) in [6.07, 6.45) is 0.695. The van der Waals surface area contributed by atoms with Crippen LogP contribution in [0.4, 0.5) is 5.69 Å². The molecule has 0 aliphatic carbocycles. The number of carbonyl (C=O) groups is 2. The maximum absolute atomic E-state index is 12.3. The van der Waals surface area contributed by atoms with Crippen LogP contribution in [0.15, 0.2) is 72.8 Å². The van der Waals surface area contributed by atoms with Gasteiger partial charge in [-0.25, -0.2) is 4.79 Å². The number of nitrogens with one attached hydrogen (secondary N) is 1. The molecule has 3 aromatic carbocycles. The predicted molar refractivity (Wildman–Crippen MR) is 117 cm³/mol. The van der Waals surface area contributed by atoms with Gasteiger partial charge in [-0.15, -0.1) is 0 Å². The van der Waals surface area contributed by atoms with Crippen LogP contribution in [0.3, 0.4) is 0 Å². The van der Waals surface area contributed by atoms with Gasteiger partial charge < -0.3 is 14.8 Å². The van der Waals surface area contributed by atoms with E-state index in [-0.39, 0.29) is 13.2 Å². The molecule has 5 heteroatoms. The second-order valence-corrected chi connectivity index (χ2v) is 7.09. The van der Waals surface area contributed by atoms with Crippen LogP contribution in [0.5, 0.6) is 5.75 Å². The van der Waals surface area contributed by atoms with Crippen LogP contribution in [0, 0.1) is 13.8 Å². The molecule has 3 aromatic rings. The number of ether oxygens (including phenoxy) is 2. The standard InChI is InChI=1S/C25H25NO4/c1-18-12-13-23(19(2)14-18)29-17-25(28)30-16-24(27)26-22-11-7-6-10-21(22)15-20-8-4-3-5-9-20/h3-14H,15-17H2,1-2H3,(H,26,27). The summed E-state index contributed by atoms with van der Waals surface area (Å²) in [6, 6.07) is 23.3. The zero-order valence-electron chi connectivity index (χ0n) is 17.2. The van der Waals surface area contributed by atoms with Crippen molar-refractivity contribution in [3.8, 4) is 5.75 Å². The summed E-state index contributed by atoms with van der Waals surface area (Å²) in [4.78, 5) is 24.2. The number of hydrogen-bond acceptors (Lipinski definition) is 4. The highest BCUT2D eigenvalue weighted by Crippen LogP contribution is 2.20. The maximum Gasteiger partial charge on any atom is 0.344 e. The Morgan fingerprint density at radius 3 is 2.37 bits per heavy atom. The minimum atomic E-state index is -0.595. The van der Waals surface area contributed by atoms with Crippen molar-refractivity contribution >= 4 is 17.6 Å². The molecule has 0 atom stereocenters. The van der Waals surface area contributed by atoms with E-state index in [0.717, 1.165) is 22.3 Å². The molecule has 1 N–H and O–H groups in total. The third-order valence-corrected chi connectivity index (χ3v) is 4.57. The number of benzene rings is 3. The van der Waals surface area contributed by atoms with Crippen molar-refractivity contribution in [3.63, 3.8) is 0 Å². The van der Waals surface area contributed by atoms with E-state index in [0.29, 0.717) is 17.9 Å². The van der Waals surface area contributed by atoms with Crippen LogP contribution in [0.1, 0.15) is 22.3 Å². The van der Waals surface area contributed by atoms with E-state index in [1.54, 1.807) is 0 Å². The molecule has 5 nitrogen and oxygen atoms in total. The van der Waals surface area contributed by atoms with Gasteiger partial charge in [0.1, 0.15) is 5.75 Å². The Bertz CT molecular complexity index is 1010. The highest BCUT2D eigenvalue weighted by Gasteiger charge is 2.11. The van der Waals surface area contributed by atoms with Gasteiger partial charge in [0.15, 0.2) is 13.2 Å². The lowest BCUT2D eigenvalue weighted by atomic mass is 10.0. The number of amides is 1. The topological polar surface area (TPSA) is 64.6 Å². The minimum Gasteiger partial charge on any atom is -0.482 e. The normalized spacial score (nSPS) is 10.3. The third-order valence-electron chi connectivity index (χ3n) is 4.57.